The van der Waals surface area contributed by atoms with E-state index in [9.17, 15) is 9.36 Å². The predicted molar refractivity (Wildman–Crippen MR) is 66.2 cm³/mol. The van der Waals surface area contributed by atoms with E-state index in [4.69, 9.17) is 14.9 Å². The molecule has 7 heteroatoms. The Hall–Kier alpha value is -1.20. The minimum absolute atomic E-state index is 0.182. The zero-order valence-corrected chi connectivity index (χ0v) is 10.6. The first-order chi connectivity index (χ1) is 8.39. The maximum absolute atomic E-state index is 11.2. The molecule has 0 radical (unpaired) electrons. The summed E-state index contributed by atoms with van der Waals surface area (Å²) in [5, 5.41) is 10.9. The number of nitrogens with one attached hydrogen (secondary N) is 1. The second-order valence-electron chi connectivity index (χ2n) is 3.90. The van der Waals surface area contributed by atoms with Gasteiger partial charge in [0.05, 0.1) is 6.54 Å². The minimum atomic E-state index is -4.34. The molecule has 0 aromatic heterocycles. The Bertz CT molecular complexity index is 430. The van der Waals surface area contributed by atoms with Crippen LogP contribution in [0.25, 0.3) is 0 Å². The van der Waals surface area contributed by atoms with E-state index in [1.165, 1.54) is 0 Å². The summed E-state index contributed by atoms with van der Waals surface area (Å²) in [6, 6.07) is 9.24. The van der Waals surface area contributed by atoms with Crippen LogP contribution in [0.1, 0.15) is 12.0 Å². The molecule has 1 unspecified atom stereocenters. The Labute approximate surface area is 105 Å². The largest absolute Gasteiger partial charge is 0.480 e. The summed E-state index contributed by atoms with van der Waals surface area (Å²) in [6.45, 7) is -0.468. The van der Waals surface area contributed by atoms with Gasteiger partial charge >= 0.3 is 13.6 Å². The zero-order valence-electron chi connectivity index (χ0n) is 9.69. The number of carboxylic acid groups (broad SMARTS) is 1. The first kappa shape index (κ1) is 14.9. The molecule has 1 aromatic rings. The SMILES string of the molecule is O=C(O)CNC(CCc1ccccc1)P(=O)(O)O. The van der Waals surface area contributed by atoms with E-state index in [2.05, 4.69) is 5.32 Å². The molecule has 100 valence electrons. The molecule has 4 N–H and O–H groups in total. The Kier molecular flexibility index (Phi) is 5.50. The van der Waals surface area contributed by atoms with Gasteiger partial charge in [-0.15, -0.1) is 0 Å². The minimum Gasteiger partial charge on any atom is -0.480 e. The van der Waals surface area contributed by atoms with Crippen molar-refractivity contribution >= 4 is 13.6 Å². The van der Waals surface area contributed by atoms with Gasteiger partial charge in [-0.3, -0.25) is 14.7 Å². The quantitative estimate of drug-likeness (QED) is 0.547. The molecule has 1 atom stereocenters. The number of benzene rings is 1. The molecule has 1 aromatic carbocycles. The summed E-state index contributed by atoms with van der Waals surface area (Å²) >= 11 is 0. The topological polar surface area (TPSA) is 107 Å². The van der Waals surface area contributed by atoms with Crippen LogP contribution in [0.4, 0.5) is 0 Å². The highest BCUT2D eigenvalue weighted by atomic mass is 31.2. The second kappa shape index (κ2) is 6.66. The zero-order chi connectivity index (χ0) is 13.6. The normalized spacial score (nSPS) is 13.2. The molecule has 0 aliphatic rings. The highest BCUT2D eigenvalue weighted by molar-refractivity contribution is 7.52. The number of carbonyl (C=O) groups is 1. The second-order valence-corrected chi connectivity index (χ2v) is 5.71. The van der Waals surface area contributed by atoms with Crippen LogP contribution in [0.3, 0.4) is 0 Å². The average molecular weight is 273 g/mol. The van der Waals surface area contributed by atoms with Gasteiger partial charge in [-0.25, -0.2) is 0 Å². The number of hydrogen-bond donors (Lipinski definition) is 4. The summed E-state index contributed by atoms with van der Waals surface area (Å²) in [5.41, 5.74) is 0.952. The highest BCUT2D eigenvalue weighted by Crippen LogP contribution is 2.41. The maximum Gasteiger partial charge on any atom is 0.342 e. The lowest BCUT2D eigenvalue weighted by atomic mass is 10.1. The summed E-state index contributed by atoms with van der Waals surface area (Å²) in [6.07, 6.45) is 0.658. The first-order valence-corrected chi connectivity index (χ1v) is 7.12. The van der Waals surface area contributed by atoms with Gasteiger partial charge in [-0.2, -0.15) is 0 Å². The van der Waals surface area contributed by atoms with Crippen molar-refractivity contribution in [2.24, 2.45) is 0 Å². The van der Waals surface area contributed by atoms with E-state index in [0.29, 0.717) is 6.42 Å². The van der Waals surface area contributed by atoms with Gasteiger partial charge in [0.2, 0.25) is 0 Å². The molecule has 0 aliphatic heterocycles. The van der Waals surface area contributed by atoms with Crippen molar-refractivity contribution < 1.29 is 24.3 Å². The van der Waals surface area contributed by atoms with Crippen LogP contribution in [-0.4, -0.2) is 33.2 Å². The lowest BCUT2D eigenvalue weighted by molar-refractivity contribution is -0.136. The van der Waals surface area contributed by atoms with Gasteiger partial charge in [-0.1, -0.05) is 30.3 Å². The third kappa shape index (κ3) is 5.42. The molecular formula is C11H16NO5P. The van der Waals surface area contributed by atoms with Crippen LogP contribution in [0.2, 0.25) is 0 Å². The molecule has 18 heavy (non-hydrogen) atoms. The Morgan fingerprint density at radius 2 is 1.89 bits per heavy atom. The summed E-state index contributed by atoms with van der Waals surface area (Å²) in [7, 11) is -4.34. The van der Waals surface area contributed by atoms with Gasteiger partial charge in [0.25, 0.3) is 0 Å². The number of carboxylic acids is 1. The van der Waals surface area contributed by atoms with Crippen molar-refractivity contribution in [3.8, 4) is 0 Å². The Morgan fingerprint density at radius 3 is 2.39 bits per heavy atom. The number of hydrogen-bond acceptors (Lipinski definition) is 3. The monoisotopic (exact) mass is 273 g/mol. The molecule has 0 spiro atoms. The fourth-order valence-corrected chi connectivity index (χ4v) is 2.34. The van der Waals surface area contributed by atoms with E-state index in [-0.39, 0.29) is 6.42 Å². The van der Waals surface area contributed by atoms with Crippen molar-refractivity contribution in [2.45, 2.75) is 18.6 Å². The van der Waals surface area contributed by atoms with Crippen molar-refractivity contribution in [3.63, 3.8) is 0 Å². The van der Waals surface area contributed by atoms with E-state index in [1.54, 1.807) is 0 Å². The maximum atomic E-state index is 11.2. The van der Waals surface area contributed by atoms with Gasteiger partial charge < -0.3 is 14.9 Å². The van der Waals surface area contributed by atoms with Gasteiger partial charge in [-0.05, 0) is 18.4 Å². The molecule has 0 aliphatic carbocycles. The third-order valence-corrected chi connectivity index (χ3v) is 3.70. The molecular weight excluding hydrogens is 257 g/mol. The third-order valence-electron chi connectivity index (χ3n) is 2.44. The van der Waals surface area contributed by atoms with Crippen LogP contribution in [0.5, 0.6) is 0 Å². The van der Waals surface area contributed by atoms with Gasteiger partial charge in [0.1, 0.15) is 5.78 Å². The summed E-state index contributed by atoms with van der Waals surface area (Å²) in [5.74, 6) is -2.28. The number of aliphatic carboxylic acids is 1. The molecule has 0 fully saturated rings. The van der Waals surface area contributed by atoms with Crippen LogP contribution in [0, 0.1) is 0 Å². The highest BCUT2D eigenvalue weighted by Gasteiger charge is 2.28. The molecule has 0 amide bonds. The molecule has 6 nitrogen and oxygen atoms in total. The Balaban J connectivity index is 2.57. The van der Waals surface area contributed by atoms with Crippen molar-refractivity contribution in [1.29, 1.82) is 0 Å². The van der Waals surface area contributed by atoms with Gasteiger partial charge in [0, 0.05) is 0 Å². The molecule has 0 heterocycles. The summed E-state index contributed by atoms with van der Waals surface area (Å²) in [4.78, 5) is 28.6. The lowest BCUT2D eigenvalue weighted by Gasteiger charge is -2.18. The van der Waals surface area contributed by atoms with Gasteiger partial charge in [0.15, 0.2) is 0 Å². The standard InChI is InChI=1S/C11H16NO5P/c13-11(14)8-12-10(18(15,16)17)7-6-9-4-2-1-3-5-9/h1-5,10,12H,6-8H2,(H,13,14)(H2,15,16,17). The van der Waals surface area contributed by atoms with E-state index in [1.807, 2.05) is 30.3 Å². The van der Waals surface area contributed by atoms with E-state index >= 15 is 0 Å². The fraction of sp³-hybridized carbons (Fsp3) is 0.364. The van der Waals surface area contributed by atoms with Crippen molar-refractivity contribution in [1.82, 2.24) is 5.32 Å². The first-order valence-electron chi connectivity index (χ1n) is 5.44. The van der Waals surface area contributed by atoms with Crippen LogP contribution < -0.4 is 5.32 Å². The molecule has 0 saturated carbocycles. The smallest absolute Gasteiger partial charge is 0.342 e. The van der Waals surface area contributed by atoms with Crippen LogP contribution in [-0.2, 0) is 15.8 Å². The lowest BCUT2D eigenvalue weighted by Crippen LogP contribution is -2.33. The van der Waals surface area contributed by atoms with Crippen LogP contribution >= 0.6 is 7.60 Å². The molecule has 1 rings (SSSR count). The Morgan fingerprint density at radius 1 is 1.28 bits per heavy atom. The number of rotatable bonds is 7. The fourth-order valence-electron chi connectivity index (χ4n) is 1.54. The van der Waals surface area contributed by atoms with E-state index in [0.717, 1.165) is 5.56 Å². The van der Waals surface area contributed by atoms with Crippen molar-refractivity contribution in [3.05, 3.63) is 35.9 Å². The molecule has 0 saturated heterocycles. The van der Waals surface area contributed by atoms with E-state index < -0.39 is 25.9 Å². The summed E-state index contributed by atoms with van der Waals surface area (Å²) < 4.78 is 11.2. The van der Waals surface area contributed by atoms with Crippen molar-refractivity contribution in [2.75, 3.05) is 6.54 Å². The average Bonchev–Trinajstić information content (AvgIpc) is 2.28. The molecule has 0 bridgehead atoms. The number of aryl methyl sites for hydroxylation is 1. The van der Waals surface area contributed by atoms with Crippen LogP contribution in [0.15, 0.2) is 30.3 Å². The predicted octanol–water partition coefficient (Wildman–Crippen LogP) is 0.797.